The maximum absolute atomic E-state index is 12.6. The van der Waals surface area contributed by atoms with Crippen LogP contribution in [0.2, 0.25) is 4.34 Å². The summed E-state index contributed by atoms with van der Waals surface area (Å²) in [5, 5.41) is 3.38. The number of carbonyl (C=O) groups excluding carboxylic acids is 1. The van der Waals surface area contributed by atoms with Crippen molar-refractivity contribution in [1.29, 1.82) is 0 Å². The average Bonchev–Trinajstić information content (AvgIpc) is 2.92. The molecule has 4 nitrogen and oxygen atoms in total. The Bertz CT molecular complexity index is 517. The summed E-state index contributed by atoms with van der Waals surface area (Å²) < 4.78 is 0.848. The minimum absolute atomic E-state index is 0. The van der Waals surface area contributed by atoms with E-state index < -0.39 is 0 Å². The highest BCUT2D eigenvalue weighted by Gasteiger charge is 2.30. The van der Waals surface area contributed by atoms with Gasteiger partial charge in [-0.3, -0.25) is 9.69 Å². The fourth-order valence-electron chi connectivity index (χ4n) is 3.30. The molecule has 0 bridgehead atoms. The third-order valence-corrected chi connectivity index (χ3v) is 5.87. The van der Waals surface area contributed by atoms with Crippen molar-refractivity contribution < 1.29 is 4.79 Å². The molecule has 23 heavy (non-hydrogen) atoms. The van der Waals surface area contributed by atoms with Crippen LogP contribution in [0.1, 0.15) is 24.6 Å². The Kier molecular flexibility index (Phi) is 7.17. The molecule has 2 aliphatic heterocycles. The smallest absolute Gasteiger partial charge is 0.239 e. The van der Waals surface area contributed by atoms with Gasteiger partial charge in [0.2, 0.25) is 5.91 Å². The maximum Gasteiger partial charge on any atom is 0.239 e. The summed E-state index contributed by atoms with van der Waals surface area (Å²) in [7, 11) is 0. The number of thiophene rings is 1. The molecule has 2 saturated heterocycles. The first kappa shape index (κ1) is 19.0. The van der Waals surface area contributed by atoms with Gasteiger partial charge in [-0.15, -0.1) is 23.7 Å². The molecule has 2 aliphatic rings. The van der Waals surface area contributed by atoms with Crippen molar-refractivity contribution in [3.8, 4) is 0 Å². The summed E-state index contributed by atoms with van der Waals surface area (Å²) >= 11 is 7.63. The number of amides is 1. The van der Waals surface area contributed by atoms with Crippen LogP contribution in [0.25, 0.3) is 0 Å². The van der Waals surface area contributed by atoms with Gasteiger partial charge in [0.1, 0.15) is 0 Å². The van der Waals surface area contributed by atoms with E-state index in [-0.39, 0.29) is 18.4 Å². The van der Waals surface area contributed by atoms with E-state index in [1.165, 1.54) is 11.3 Å². The molecule has 1 aromatic heterocycles. The Balaban J connectivity index is 0.00000192. The normalized spacial score (nSPS) is 25.9. The van der Waals surface area contributed by atoms with E-state index >= 15 is 0 Å². The second-order valence-corrected chi connectivity index (χ2v) is 8.24. The maximum atomic E-state index is 12.6. The van der Waals surface area contributed by atoms with Crippen molar-refractivity contribution in [2.45, 2.75) is 32.4 Å². The van der Waals surface area contributed by atoms with Gasteiger partial charge in [0, 0.05) is 37.6 Å². The van der Waals surface area contributed by atoms with Gasteiger partial charge in [0.05, 0.1) is 10.4 Å². The Morgan fingerprint density at radius 2 is 2.09 bits per heavy atom. The molecule has 3 rings (SSSR count). The molecule has 2 unspecified atom stereocenters. The van der Waals surface area contributed by atoms with E-state index in [9.17, 15) is 4.79 Å². The summed E-state index contributed by atoms with van der Waals surface area (Å²) in [4.78, 5) is 18.3. The van der Waals surface area contributed by atoms with E-state index in [1.807, 2.05) is 11.0 Å². The lowest BCUT2D eigenvalue weighted by Crippen LogP contribution is -2.55. The topological polar surface area (TPSA) is 35.6 Å². The molecule has 130 valence electrons. The van der Waals surface area contributed by atoms with Gasteiger partial charge in [0.15, 0.2) is 0 Å². The molecule has 0 saturated carbocycles. The van der Waals surface area contributed by atoms with Crippen LogP contribution in [-0.2, 0) is 11.3 Å². The summed E-state index contributed by atoms with van der Waals surface area (Å²) in [5.74, 6) is 0.949. The fraction of sp³-hybridized carbons (Fsp3) is 0.688. The zero-order valence-corrected chi connectivity index (χ0v) is 15.9. The summed E-state index contributed by atoms with van der Waals surface area (Å²) in [5.41, 5.74) is 0. The molecule has 0 aliphatic carbocycles. The zero-order valence-electron chi connectivity index (χ0n) is 13.5. The first-order chi connectivity index (χ1) is 10.6. The molecule has 2 atom stereocenters. The largest absolute Gasteiger partial charge is 0.339 e. The summed E-state index contributed by atoms with van der Waals surface area (Å²) in [6, 6.07) is 4.08. The van der Waals surface area contributed by atoms with Crippen molar-refractivity contribution >= 4 is 41.3 Å². The van der Waals surface area contributed by atoms with Crippen molar-refractivity contribution in [3.63, 3.8) is 0 Å². The number of rotatable bonds is 3. The molecule has 0 spiro atoms. The predicted octanol–water partition coefficient (Wildman–Crippen LogP) is 2.86. The van der Waals surface area contributed by atoms with E-state index in [0.29, 0.717) is 11.8 Å². The molecular formula is C16H25Cl2N3OS. The zero-order chi connectivity index (χ0) is 15.5. The minimum atomic E-state index is 0. The van der Waals surface area contributed by atoms with Gasteiger partial charge in [-0.2, -0.15) is 0 Å². The number of hydrogen-bond acceptors (Lipinski definition) is 4. The molecule has 1 amide bonds. The summed E-state index contributed by atoms with van der Waals surface area (Å²) in [6.07, 6.45) is 2.16. The van der Waals surface area contributed by atoms with Gasteiger partial charge in [-0.05, 0) is 37.4 Å². The van der Waals surface area contributed by atoms with Crippen LogP contribution in [0.4, 0.5) is 0 Å². The van der Waals surface area contributed by atoms with Crippen molar-refractivity contribution in [2.75, 3.05) is 32.7 Å². The van der Waals surface area contributed by atoms with E-state index in [1.54, 1.807) is 11.3 Å². The van der Waals surface area contributed by atoms with Gasteiger partial charge < -0.3 is 10.2 Å². The molecule has 2 fully saturated rings. The van der Waals surface area contributed by atoms with E-state index in [4.69, 9.17) is 11.6 Å². The molecule has 3 heterocycles. The lowest BCUT2D eigenvalue weighted by molar-refractivity contribution is -0.136. The molecule has 1 N–H and O–H groups in total. The molecular weight excluding hydrogens is 353 g/mol. The number of hydrogen-bond donors (Lipinski definition) is 1. The van der Waals surface area contributed by atoms with Crippen LogP contribution in [0.15, 0.2) is 12.1 Å². The van der Waals surface area contributed by atoms with Crippen LogP contribution < -0.4 is 5.32 Å². The predicted molar refractivity (Wildman–Crippen MR) is 98.6 cm³/mol. The van der Waals surface area contributed by atoms with Gasteiger partial charge in [0.25, 0.3) is 0 Å². The highest BCUT2D eigenvalue weighted by atomic mass is 35.5. The average molecular weight is 378 g/mol. The highest BCUT2D eigenvalue weighted by molar-refractivity contribution is 7.16. The minimum Gasteiger partial charge on any atom is -0.339 e. The molecule has 7 heteroatoms. The third kappa shape index (κ3) is 5.07. The second-order valence-electron chi connectivity index (χ2n) is 6.44. The lowest BCUT2D eigenvalue weighted by Gasteiger charge is -2.38. The highest BCUT2D eigenvalue weighted by Crippen LogP contribution is 2.23. The van der Waals surface area contributed by atoms with Gasteiger partial charge in [-0.1, -0.05) is 18.5 Å². The SMILES string of the molecule is CC1CCNC(C(=O)N2CCN(Cc3ccc(Cl)s3)CC2)C1.Cl. The Morgan fingerprint density at radius 1 is 1.35 bits per heavy atom. The number of carbonyl (C=O) groups is 1. The van der Waals surface area contributed by atoms with Crippen LogP contribution in [0.5, 0.6) is 0 Å². The number of nitrogens with zero attached hydrogens (tertiary/aromatic N) is 2. The van der Waals surface area contributed by atoms with Crippen molar-refractivity contribution in [3.05, 3.63) is 21.3 Å². The number of piperidine rings is 1. The molecule has 1 aromatic rings. The van der Waals surface area contributed by atoms with Crippen LogP contribution in [-0.4, -0.2) is 54.5 Å². The number of nitrogens with one attached hydrogen (secondary N) is 1. The van der Waals surface area contributed by atoms with Gasteiger partial charge >= 0.3 is 0 Å². The Labute approximate surface area is 153 Å². The quantitative estimate of drug-likeness (QED) is 0.879. The molecule has 0 radical (unpaired) electrons. The van der Waals surface area contributed by atoms with Crippen LogP contribution in [0, 0.1) is 5.92 Å². The van der Waals surface area contributed by atoms with E-state index in [0.717, 1.165) is 50.0 Å². The third-order valence-electron chi connectivity index (χ3n) is 4.66. The standard InChI is InChI=1S/C16H24ClN3OS.ClH/c1-12-4-5-18-14(10-12)16(21)20-8-6-19(7-9-20)11-13-2-3-15(17)22-13;/h2-3,12,14,18H,4-11H2,1H3;1H. The second kappa shape index (κ2) is 8.67. The first-order valence-electron chi connectivity index (χ1n) is 8.10. The number of piperazine rings is 1. The summed E-state index contributed by atoms with van der Waals surface area (Å²) in [6.45, 7) is 7.72. The number of halogens is 2. The van der Waals surface area contributed by atoms with Gasteiger partial charge in [-0.25, -0.2) is 0 Å². The monoisotopic (exact) mass is 377 g/mol. The fourth-order valence-corrected chi connectivity index (χ4v) is 4.43. The van der Waals surface area contributed by atoms with Crippen molar-refractivity contribution in [2.24, 2.45) is 5.92 Å². The Hall–Kier alpha value is -0.330. The van der Waals surface area contributed by atoms with Crippen LogP contribution >= 0.6 is 35.3 Å². The van der Waals surface area contributed by atoms with Crippen molar-refractivity contribution in [1.82, 2.24) is 15.1 Å². The van der Waals surface area contributed by atoms with Crippen LogP contribution in [0.3, 0.4) is 0 Å². The Morgan fingerprint density at radius 3 is 2.70 bits per heavy atom. The molecule has 0 aromatic carbocycles. The first-order valence-corrected chi connectivity index (χ1v) is 9.30. The van der Waals surface area contributed by atoms with E-state index in [2.05, 4.69) is 23.2 Å². The lowest BCUT2D eigenvalue weighted by atomic mass is 9.93.